The number of fused-ring (bicyclic) bond motifs is 1. The van der Waals surface area contributed by atoms with Crippen LogP contribution in [0.4, 0.5) is 0 Å². The Morgan fingerprint density at radius 1 is 1.14 bits per heavy atom. The Morgan fingerprint density at radius 2 is 1.96 bits per heavy atom. The number of hydrogen-bond donors (Lipinski definition) is 2. The summed E-state index contributed by atoms with van der Waals surface area (Å²) in [6.07, 6.45) is 7.30. The van der Waals surface area contributed by atoms with E-state index in [2.05, 4.69) is 0 Å². The first-order valence-corrected chi connectivity index (χ1v) is 9.68. The van der Waals surface area contributed by atoms with Crippen LogP contribution >= 0.6 is 0 Å². The molecule has 1 saturated heterocycles. The molecule has 0 aromatic heterocycles. The molecule has 1 heterocycles. The van der Waals surface area contributed by atoms with Crippen molar-refractivity contribution >= 4 is 17.9 Å². The number of likely N-dealkylation sites (tertiary alicyclic amines) is 1. The minimum absolute atomic E-state index is 0.216. The second-order valence-corrected chi connectivity index (χ2v) is 7.70. The quantitative estimate of drug-likeness (QED) is 0.636. The van der Waals surface area contributed by atoms with Crippen molar-refractivity contribution < 1.29 is 14.8 Å². The van der Waals surface area contributed by atoms with Crippen LogP contribution in [0.15, 0.2) is 54.6 Å². The molecule has 2 N–H and O–H groups in total. The summed E-state index contributed by atoms with van der Waals surface area (Å²) in [5, 5.41) is 8.87. The monoisotopic (exact) mass is 376 g/mol. The van der Waals surface area contributed by atoms with Crippen LogP contribution in [0.1, 0.15) is 39.9 Å². The molecule has 5 nitrogen and oxygen atoms in total. The SMILES string of the molecule is O=C(NO)c1ccc2c(c1)C[C@@]1(CC2)CCN(CC=Cc2ccccc2)C1=O. The van der Waals surface area contributed by atoms with E-state index in [0.717, 1.165) is 36.9 Å². The molecule has 1 aliphatic heterocycles. The van der Waals surface area contributed by atoms with Crippen molar-refractivity contribution in [2.24, 2.45) is 5.41 Å². The van der Waals surface area contributed by atoms with Gasteiger partial charge in [-0.1, -0.05) is 48.6 Å². The van der Waals surface area contributed by atoms with Gasteiger partial charge in [0.25, 0.3) is 5.91 Å². The lowest BCUT2D eigenvalue weighted by Crippen LogP contribution is -2.38. The average molecular weight is 376 g/mol. The molecule has 1 spiro atoms. The van der Waals surface area contributed by atoms with E-state index in [1.165, 1.54) is 5.56 Å². The molecular formula is C23H24N2O3. The lowest BCUT2D eigenvalue weighted by atomic mass is 9.70. The Labute approximate surface area is 164 Å². The van der Waals surface area contributed by atoms with Crippen LogP contribution in [0.2, 0.25) is 0 Å². The van der Waals surface area contributed by atoms with Gasteiger partial charge in [0.1, 0.15) is 0 Å². The summed E-state index contributed by atoms with van der Waals surface area (Å²) in [6, 6.07) is 15.5. The van der Waals surface area contributed by atoms with E-state index in [1.807, 2.05) is 59.5 Å². The van der Waals surface area contributed by atoms with Gasteiger partial charge in [-0.25, -0.2) is 5.48 Å². The summed E-state index contributed by atoms with van der Waals surface area (Å²) in [7, 11) is 0. The molecule has 0 bridgehead atoms. The summed E-state index contributed by atoms with van der Waals surface area (Å²) < 4.78 is 0. The van der Waals surface area contributed by atoms with Crippen LogP contribution in [0.25, 0.3) is 6.08 Å². The highest BCUT2D eigenvalue weighted by Crippen LogP contribution is 2.43. The summed E-state index contributed by atoms with van der Waals surface area (Å²) >= 11 is 0. The Hall–Kier alpha value is -2.92. The van der Waals surface area contributed by atoms with Crippen LogP contribution in [-0.4, -0.2) is 35.0 Å². The Kier molecular flexibility index (Phi) is 5.01. The van der Waals surface area contributed by atoms with E-state index in [0.29, 0.717) is 18.5 Å². The molecule has 0 unspecified atom stereocenters. The molecule has 1 aliphatic carbocycles. The van der Waals surface area contributed by atoms with Gasteiger partial charge < -0.3 is 4.90 Å². The third kappa shape index (κ3) is 3.45. The number of carbonyl (C=O) groups is 2. The fourth-order valence-corrected chi connectivity index (χ4v) is 4.41. The van der Waals surface area contributed by atoms with Gasteiger partial charge in [0.15, 0.2) is 0 Å². The maximum Gasteiger partial charge on any atom is 0.274 e. The van der Waals surface area contributed by atoms with Crippen molar-refractivity contribution in [2.75, 3.05) is 13.1 Å². The van der Waals surface area contributed by atoms with Gasteiger partial charge in [-0.15, -0.1) is 0 Å². The van der Waals surface area contributed by atoms with E-state index >= 15 is 0 Å². The van der Waals surface area contributed by atoms with Gasteiger partial charge in [-0.3, -0.25) is 14.8 Å². The highest BCUT2D eigenvalue weighted by molar-refractivity contribution is 5.93. The van der Waals surface area contributed by atoms with Crippen molar-refractivity contribution in [1.82, 2.24) is 10.4 Å². The minimum Gasteiger partial charge on any atom is -0.338 e. The second kappa shape index (κ2) is 7.60. The van der Waals surface area contributed by atoms with Crippen LogP contribution in [0, 0.1) is 5.41 Å². The van der Waals surface area contributed by atoms with Crippen LogP contribution in [-0.2, 0) is 17.6 Å². The number of rotatable bonds is 4. The molecule has 2 aromatic rings. The van der Waals surface area contributed by atoms with Crippen molar-refractivity contribution in [2.45, 2.75) is 25.7 Å². The summed E-state index contributed by atoms with van der Waals surface area (Å²) in [4.78, 5) is 26.8. The van der Waals surface area contributed by atoms with Crippen molar-refractivity contribution in [3.63, 3.8) is 0 Å². The molecule has 4 rings (SSSR count). The maximum atomic E-state index is 13.2. The molecule has 1 atom stereocenters. The van der Waals surface area contributed by atoms with Crippen LogP contribution in [0.3, 0.4) is 0 Å². The lowest BCUT2D eigenvalue weighted by Gasteiger charge is -2.33. The number of aryl methyl sites for hydroxylation is 1. The minimum atomic E-state index is -0.521. The average Bonchev–Trinajstić information content (AvgIpc) is 3.03. The van der Waals surface area contributed by atoms with E-state index in [1.54, 1.807) is 11.5 Å². The predicted octanol–water partition coefficient (Wildman–Crippen LogP) is 3.23. The van der Waals surface area contributed by atoms with E-state index < -0.39 is 5.91 Å². The smallest absolute Gasteiger partial charge is 0.274 e. The molecule has 5 heteroatoms. The second-order valence-electron chi connectivity index (χ2n) is 7.70. The van der Waals surface area contributed by atoms with Crippen molar-refractivity contribution in [1.29, 1.82) is 0 Å². The van der Waals surface area contributed by atoms with Gasteiger partial charge in [0, 0.05) is 18.7 Å². The lowest BCUT2D eigenvalue weighted by molar-refractivity contribution is -0.136. The molecule has 1 fully saturated rings. The summed E-state index contributed by atoms with van der Waals surface area (Å²) in [6.45, 7) is 1.39. The van der Waals surface area contributed by atoms with Gasteiger partial charge in [-0.2, -0.15) is 0 Å². The molecule has 2 amide bonds. The van der Waals surface area contributed by atoms with Gasteiger partial charge in [-0.05, 0) is 54.5 Å². The van der Waals surface area contributed by atoms with E-state index in [4.69, 9.17) is 5.21 Å². The topological polar surface area (TPSA) is 69.6 Å². The number of hydroxylamine groups is 1. The number of nitrogens with zero attached hydrogens (tertiary/aromatic N) is 1. The third-order valence-corrected chi connectivity index (χ3v) is 6.01. The largest absolute Gasteiger partial charge is 0.338 e. The Balaban J connectivity index is 1.47. The highest BCUT2D eigenvalue weighted by atomic mass is 16.5. The molecule has 2 aliphatic rings. The molecule has 28 heavy (non-hydrogen) atoms. The first-order valence-electron chi connectivity index (χ1n) is 9.68. The number of benzene rings is 2. The van der Waals surface area contributed by atoms with E-state index in [9.17, 15) is 9.59 Å². The highest BCUT2D eigenvalue weighted by Gasteiger charge is 2.47. The third-order valence-electron chi connectivity index (χ3n) is 6.01. The zero-order chi connectivity index (χ0) is 19.6. The number of nitrogens with one attached hydrogen (secondary N) is 1. The van der Waals surface area contributed by atoms with Crippen LogP contribution in [0.5, 0.6) is 0 Å². The summed E-state index contributed by atoms with van der Waals surface area (Å²) in [5.41, 5.74) is 5.11. The summed E-state index contributed by atoms with van der Waals surface area (Å²) in [5.74, 6) is -0.305. The zero-order valence-electron chi connectivity index (χ0n) is 15.7. The van der Waals surface area contributed by atoms with Gasteiger partial charge in [0.05, 0.1) is 5.41 Å². The van der Waals surface area contributed by atoms with Gasteiger partial charge in [0.2, 0.25) is 5.91 Å². The zero-order valence-corrected chi connectivity index (χ0v) is 15.7. The molecular weight excluding hydrogens is 352 g/mol. The predicted molar refractivity (Wildman–Crippen MR) is 107 cm³/mol. The molecule has 2 aromatic carbocycles. The fourth-order valence-electron chi connectivity index (χ4n) is 4.41. The Morgan fingerprint density at radius 3 is 2.75 bits per heavy atom. The fraction of sp³-hybridized carbons (Fsp3) is 0.304. The molecule has 0 saturated carbocycles. The standard InChI is InChI=1S/C23H24N2O3/c26-21(24-28)19-9-8-18-10-11-23(16-20(18)15-19)12-14-25(22(23)27)13-4-7-17-5-2-1-3-6-17/h1-9,15,28H,10-14,16H2,(H,24,26)/t23-/m1/s1. The molecule has 0 radical (unpaired) electrons. The van der Waals surface area contributed by atoms with Crippen molar-refractivity contribution in [3.05, 3.63) is 76.9 Å². The van der Waals surface area contributed by atoms with Gasteiger partial charge >= 0.3 is 0 Å². The number of amides is 2. The van der Waals surface area contributed by atoms with Crippen molar-refractivity contribution in [3.8, 4) is 0 Å². The van der Waals surface area contributed by atoms with Crippen LogP contribution < -0.4 is 5.48 Å². The first kappa shape index (κ1) is 18.4. The molecule has 144 valence electrons. The normalized spacial score (nSPS) is 21.3. The first-order chi connectivity index (χ1) is 13.6. The van der Waals surface area contributed by atoms with E-state index in [-0.39, 0.29) is 11.3 Å². The Bertz CT molecular complexity index is 923. The number of carbonyl (C=O) groups excluding carboxylic acids is 2. The maximum absolute atomic E-state index is 13.2. The number of hydrogen-bond acceptors (Lipinski definition) is 3.